The van der Waals surface area contributed by atoms with Crippen molar-refractivity contribution in [3.8, 4) is 0 Å². The minimum Gasteiger partial charge on any atom is -0.480 e. The second-order valence-electron chi connectivity index (χ2n) is 5.86. The first kappa shape index (κ1) is 15.0. The molecule has 1 aliphatic rings. The van der Waals surface area contributed by atoms with Crippen LogP contribution >= 0.6 is 0 Å². The Bertz CT molecular complexity index is 310. The van der Waals surface area contributed by atoms with Gasteiger partial charge in [0, 0.05) is 25.0 Å². The molecule has 1 heterocycles. The highest BCUT2D eigenvalue weighted by molar-refractivity contribution is 5.83. The number of likely N-dealkylation sites (tertiary alicyclic amines) is 1. The third-order valence-electron chi connectivity index (χ3n) is 3.10. The fourth-order valence-electron chi connectivity index (χ4n) is 2.17. The van der Waals surface area contributed by atoms with E-state index in [9.17, 15) is 9.59 Å². The van der Waals surface area contributed by atoms with Gasteiger partial charge >= 0.3 is 5.97 Å². The van der Waals surface area contributed by atoms with Crippen molar-refractivity contribution in [3.63, 3.8) is 0 Å². The van der Waals surface area contributed by atoms with Crippen LogP contribution in [-0.2, 0) is 9.59 Å². The molecule has 0 bridgehead atoms. The van der Waals surface area contributed by atoms with Crippen molar-refractivity contribution in [2.45, 2.75) is 58.0 Å². The summed E-state index contributed by atoms with van der Waals surface area (Å²) in [5.74, 6) is -0.939. The van der Waals surface area contributed by atoms with E-state index < -0.39 is 12.0 Å². The molecule has 0 saturated carbocycles. The monoisotopic (exact) mass is 256 g/mol. The SMILES string of the molecule is CC(C)(C)NCCC(=O)N1CCCCC1C(=O)O. The lowest BCUT2D eigenvalue weighted by Crippen LogP contribution is -2.49. The lowest BCUT2D eigenvalue weighted by Gasteiger charge is -2.33. The number of amides is 1. The molecule has 5 nitrogen and oxygen atoms in total. The quantitative estimate of drug-likeness (QED) is 0.793. The van der Waals surface area contributed by atoms with Gasteiger partial charge in [0.25, 0.3) is 0 Å². The van der Waals surface area contributed by atoms with E-state index in [4.69, 9.17) is 5.11 Å². The molecule has 0 aromatic rings. The van der Waals surface area contributed by atoms with E-state index >= 15 is 0 Å². The van der Waals surface area contributed by atoms with E-state index in [0.717, 1.165) is 12.8 Å². The van der Waals surface area contributed by atoms with Crippen LogP contribution in [0, 0.1) is 0 Å². The fourth-order valence-corrected chi connectivity index (χ4v) is 2.17. The van der Waals surface area contributed by atoms with Gasteiger partial charge < -0.3 is 15.3 Å². The molecular formula is C13H24N2O3. The maximum absolute atomic E-state index is 12.0. The van der Waals surface area contributed by atoms with Crippen LogP contribution in [0.5, 0.6) is 0 Å². The van der Waals surface area contributed by atoms with E-state index in [-0.39, 0.29) is 11.4 Å². The van der Waals surface area contributed by atoms with Crippen LogP contribution in [-0.4, -0.2) is 46.6 Å². The normalized spacial score (nSPS) is 20.8. The van der Waals surface area contributed by atoms with Gasteiger partial charge in [-0.2, -0.15) is 0 Å². The van der Waals surface area contributed by atoms with E-state index in [1.807, 2.05) is 20.8 Å². The number of nitrogens with zero attached hydrogens (tertiary/aromatic N) is 1. The average Bonchev–Trinajstić information content (AvgIpc) is 2.27. The summed E-state index contributed by atoms with van der Waals surface area (Å²) in [6.07, 6.45) is 2.73. The average molecular weight is 256 g/mol. The molecule has 1 atom stereocenters. The van der Waals surface area contributed by atoms with Gasteiger partial charge in [0.2, 0.25) is 5.91 Å². The highest BCUT2D eigenvalue weighted by atomic mass is 16.4. The summed E-state index contributed by atoms with van der Waals surface area (Å²) in [6, 6.07) is -0.624. The van der Waals surface area contributed by atoms with Crippen molar-refractivity contribution in [1.82, 2.24) is 10.2 Å². The molecule has 1 amide bonds. The van der Waals surface area contributed by atoms with Crippen LogP contribution in [0.4, 0.5) is 0 Å². The molecule has 5 heteroatoms. The van der Waals surface area contributed by atoms with Crippen molar-refractivity contribution >= 4 is 11.9 Å². The van der Waals surface area contributed by atoms with E-state index in [1.165, 1.54) is 4.90 Å². The zero-order valence-corrected chi connectivity index (χ0v) is 11.5. The van der Waals surface area contributed by atoms with Crippen LogP contribution in [0.25, 0.3) is 0 Å². The predicted molar refractivity (Wildman–Crippen MR) is 69.4 cm³/mol. The second kappa shape index (κ2) is 6.18. The number of aliphatic carboxylic acids is 1. The van der Waals surface area contributed by atoms with Crippen molar-refractivity contribution < 1.29 is 14.7 Å². The van der Waals surface area contributed by atoms with Gasteiger partial charge in [0.1, 0.15) is 6.04 Å². The topological polar surface area (TPSA) is 69.6 Å². The van der Waals surface area contributed by atoms with Gasteiger partial charge in [-0.25, -0.2) is 4.79 Å². The maximum Gasteiger partial charge on any atom is 0.326 e. The molecule has 1 unspecified atom stereocenters. The Morgan fingerprint density at radius 2 is 2.00 bits per heavy atom. The third-order valence-corrected chi connectivity index (χ3v) is 3.10. The molecule has 1 rings (SSSR count). The molecule has 0 aliphatic carbocycles. The predicted octanol–water partition coefficient (Wildman–Crippen LogP) is 1.23. The first-order chi connectivity index (χ1) is 8.31. The van der Waals surface area contributed by atoms with Crippen molar-refractivity contribution in [2.24, 2.45) is 0 Å². The Labute approximate surface area is 109 Å². The first-order valence-electron chi connectivity index (χ1n) is 6.58. The molecule has 18 heavy (non-hydrogen) atoms. The number of piperidine rings is 1. The summed E-state index contributed by atoms with van der Waals surface area (Å²) in [4.78, 5) is 24.6. The Kier molecular flexibility index (Phi) is 5.14. The summed E-state index contributed by atoms with van der Waals surface area (Å²) in [6.45, 7) is 7.28. The van der Waals surface area contributed by atoms with Gasteiger partial charge in [-0.3, -0.25) is 4.79 Å². The zero-order chi connectivity index (χ0) is 13.8. The Morgan fingerprint density at radius 1 is 1.33 bits per heavy atom. The molecule has 0 radical (unpaired) electrons. The standard InChI is InChI=1S/C13H24N2O3/c1-13(2,3)14-8-7-11(16)15-9-5-4-6-10(15)12(17)18/h10,14H,4-9H2,1-3H3,(H,17,18). The summed E-state index contributed by atoms with van der Waals surface area (Å²) >= 11 is 0. The number of carboxylic acid groups (broad SMARTS) is 1. The molecular weight excluding hydrogens is 232 g/mol. The molecule has 0 spiro atoms. The summed E-state index contributed by atoms with van der Waals surface area (Å²) in [5, 5.41) is 12.3. The van der Waals surface area contributed by atoms with Crippen molar-refractivity contribution in [3.05, 3.63) is 0 Å². The Hall–Kier alpha value is -1.10. The summed E-state index contributed by atoms with van der Waals surface area (Å²) < 4.78 is 0. The van der Waals surface area contributed by atoms with Crippen molar-refractivity contribution in [2.75, 3.05) is 13.1 Å². The molecule has 2 N–H and O–H groups in total. The number of rotatable bonds is 4. The summed E-state index contributed by atoms with van der Waals surface area (Å²) in [5.41, 5.74) is -0.0195. The zero-order valence-electron chi connectivity index (χ0n) is 11.5. The van der Waals surface area contributed by atoms with Gasteiger partial charge in [-0.05, 0) is 40.0 Å². The number of carbonyl (C=O) groups excluding carboxylic acids is 1. The second-order valence-corrected chi connectivity index (χ2v) is 5.86. The minimum absolute atomic E-state index is 0.0195. The summed E-state index contributed by atoms with van der Waals surface area (Å²) in [7, 11) is 0. The fraction of sp³-hybridized carbons (Fsp3) is 0.846. The van der Waals surface area contributed by atoms with Crippen LogP contribution in [0.15, 0.2) is 0 Å². The maximum atomic E-state index is 12.0. The number of nitrogens with one attached hydrogen (secondary N) is 1. The van der Waals surface area contributed by atoms with Crippen LogP contribution < -0.4 is 5.32 Å². The van der Waals surface area contributed by atoms with Crippen LogP contribution in [0.2, 0.25) is 0 Å². The molecule has 0 aromatic heterocycles. The van der Waals surface area contributed by atoms with E-state index in [1.54, 1.807) is 0 Å². The molecule has 0 aromatic carbocycles. The lowest BCUT2D eigenvalue weighted by atomic mass is 10.0. The molecule has 1 fully saturated rings. The van der Waals surface area contributed by atoms with Gasteiger partial charge in [-0.15, -0.1) is 0 Å². The highest BCUT2D eigenvalue weighted by Gasteiger charge is 2.31. The molecule has 1 saturated heterocycles. The molecule has 104 valence electrons. The van der Waals surface area contributed by atoms with E-state index in [0.29, 0.717) is 25.9 Å². The van der Waals surface area contributed by atoms with Crippen LogP contribution in [0.1, 0.15) is 46.5 Å². The third kappa shape index (κ3) is 4.64. The van der Waals surface area contributed by atoms with Crippen LogP contribution in [0.3, 0.4) is 0 Å². The first-order valence-corrected chi connectivity index (χ1v) is 6.58. The van der Waals surface area contributed by atoms with Gasteiger partial charge in [0.15, 0.2) is 0 Å². The van der Waals surface area contributed by atoms with Gasteiger partial charge in [-0.1, -0.05) is 0 Å². The van der Waals surface area contributed by atoms with Crippen molar-refractivity contribution in [1.29, 1.82) is 0 Å². The Balaban J connectivity index is 2.46. The number of hydrogen-bond donors (Lipinski definition) is 2. The van der Waals surface area contributed by atoms with E-state index in [2.05, 4.69) is 5.32 Å². The highest BCUT2D eigenvalue weighted by Crippen LogP contribution is 2.18. The smallest absolute Gasteiger partial charge is 0.326 e. The Morgan fingerprint density at radius 3 is 2.56 bits per heavy atom. The van der Waals surface area contributed by atoms with Gasteiger partial charge in [0.05, 0.1) is 0 Å². The number of carboxylic acids is 1. The number of carbonyl (C=O) groups is 2. The molecule has 1 aliphatic heterocycles. The minimum atomic E-state index is -0.883. The number of hydrogen-bond acceptors (Lipinski definition) is 3. The largest absolute Gasteiger partial charge is 0.480 e. The lowest BCUT2D eigenvalue weighted by molar-refractivity contribution is -0.152.